The molecule has 0 aliphatic heterocycles. The SMILES string of the molecule is CN(C)c1cccc(OCC2CCCC2)c1.Cn1cc(-c2cnc(N)c(C(N)=O)c2)cn1. The molecule has 1 fully saturated rings. The number of hydrogen-bond donors (Lipinski definition) is 2. The molecule has 1 aromatic carbocycles. The molecule has 170 valence electrons. The van der Waals surface area contributed by atoms with Crippen molar-refractivity contribution in [3.05, 3.63) is 54.5 Å². The van der Waals surface area contributed by atoms with E-state index >= 15 is 0 Å². The van der Waals surface area contributed by atoms with E-state index in [4.69, 9.17) is 16.2 Å². The summed E-state index contributed by atoms with van der Waals surface area (Å²) in [5.41, 5.74) is 13.8. The van der Waals surface area contributed by atoms with Gasteiger partial charge in [0.2, 0.25) is 0 Å². The maximum Gasteiger partial charge on any atom is 0.252 e. The molecule has 2 heterocycles. The van der Waals surface area contributed by atoms with Crippen LogP contribution in [0, 0.1) is 5.92 Å². The number of nitrogen functional groups attached to an aromatic ring is 1. The summed E-state index contributed by atoms with van der Waals surface area (Å²) in [5.74, 6) is 1.33. The molecule has 4 rings (SSSR count). The van der Waals surface area contributed by atoms with Crippen LogP contribution in [0.15, 0.2) is 48.9 Å². The second-order valence-corrected chi connectivity index (χ2v) is 8.28. The van der Waals surface area contributed by atoms with Crippen molar-refractivity contribution in [2.45, 2.75) is 25.7 Å². The Morgan fingerprint density at radius 1 is 1.19 bits per heavy atom. The van der Waals surface area contributed by atoms with Gasteiger partial charge in [-0.2, -0.15) is 5.10 Å². The van der Waals surface area contributed by atoms with Gasteiger partial charge in [-0.3, -0.25) is 9.48 Å². The standard InChI is InChI=1S/C14H21NO.C10H11N5O/c1-15(2)13-8-5-9-14(10-13)16-11-12-6-3-4-7-12;1-15-5-7(4-14-15)6-2-8(10(12)16)9(11)13-3-6/h5,8-10,12H,3-4,6-7,11H2,1-2H3;2-5H,1H3,(H2,11,13)(H2,12,16). The highest BCUT2D eigenvalue weighted by Crippen LogP contribution is 2.26. The van der Waals surface area contributed by atoms with Gasteiger partial charge in [0.1, 0.15) is 11.6 Å². The second kappa shape index (κ2) is 10.7. The number of carbonyl (C=O) groups is 1. The minimum absolute atomic E-state index is 0.139. The van der Waals surface area contributed by atoms with Crippen LogP contribution in [0.2, 0.25) is 0 Å². The molecule has 0 atom stereocenters. The van der Waals surface area contributed by atoms with E-state index in [-0.39, 0.29) is 11.4 Å². The van der Waals surface area contributed by atoms with Crippen LogP contribution >= 0.6 is 0 Å². The number of amides is 1. The van der Waals surface area contributed by atoms with E-state index in [1.165, 1.54) is 31.4 Å². The topological polar surface area (TPSA) is 112 Å². The van der Waals surface area contributed by atoms with E-state index in [1.54, 1.807) is 23.1 Å². The number of ether oxygens (including phenoxy) is 1. The Balaban J connectivity index is 0.000000181. The van der Waals surface area contributed by atoms with Gasteiger partial charge in [0.25, 0.3) is 5.91 Å². The zero-order valence-electron chi connectivity index (χ0n) is 19.0. The number of hydrogen-bond acceptors (Lipinski definition) is 6. The Hall–Kier alpha value is -3.55. The monoisotopic (exact) mass is 436 g/mol. The molecule has 8 nitrogen and oxygen atoms in total. The highest BCUT2D eigenvalue weighted by Gasteiger charge is 2.15. The van der Waals surface area contributed by atoms with E-state index in [9.17, 15) is 4.79 Å². The van der Waals surface area contributed by atoms with E-state index in [1.807, 2.05) is 19.3 Å². The molecule has 4 N–H and O–H groups in total. The zero-order valence-corrected chi connectivity index (χ0v) is 19.0. The molecule has 2 aromatic heterocycles. The number of benzene rings is 1. The summed E-state index contributed by atoms with van der Waals surface area (Å²) >= 11 is 0. The molecule has 0 unspecified atom stereocenters. The fourth-order valence-corrected chi connectivity index (χ4v) is 3.64. The predicted octanol–water partition coefficient (Wildman–Crippen LogP) is 3.48. The number of anilines is 2. The molecular weight excluding hydrogens is 404 g/mol. The van der Waals surface area contributed by atoms with Gasteiger partial charge in [-0.25, -0.2) is 4.98 Å². The fraction of sp³-hybridized carbons (Fsp3) is 0.375. The Bertz CT molecular complexity index is 1040. The fourth-order valence-electron chi connectivity index (χ4n) is 3.64. The Labute approximate surface area is 189 Å². The summed E-state index contributed by atoms with van der Waals surface area (Å²) in [5, 5.41) is 4.03. The molecule has 1 amide bonds. The third-order valence-corrected chi connectivity index (χ3v) is 5.52. The summed E-state index contributed by atoms with van der Waals surface area (Å²) in [6, 6.07) is 9.92. The summed E-state index contributed by atoms with van der Waals surface area (Å²) in [7, 11) is 5.91. The first-order valence-corrected chi connectivity index (χ1v) is 10.8. The number of aromatic nitrogens is 3. The average molecular weight is 437 g/mol. The average Bonchev–Trinajstić information content (AvgIpc) is 3.45. The smallest absolute Gasteiger partial charge is 0.252 e. The molecular formula is C24H32N6O2. The second-order valence-electron chi connectivity index (χ2n) is 8.28. The lowest BCUT2D eigenvalue weighted by atomic mass is 10.1. The highest BCUT2D eigenvalue weighted by atomic mass is 16.5. The number of rotatable bonds is 6. The van der Waals surface area contributed by atoms with Crippen molar-refractivity contribution in [2.24, 2.45) is 18.7 Å². The van der Waals surface area contributed by atoms with Gasteiger partial charge in [0, 0.05) is 56.4 Å². The third-order valence-electron chi connectivity index (χ3n) is 5.52. The predicted molar refractivity (Wildman–Crippen MR) is 128 cm³/mol. The maximum absolute atomic E-state index is 11.1. The van der Waals surface area contributed by atoms with Gasteiger partial charge in [0.05, 0.1) is 18.4 Å². The van der Waals surface area contributed by atoms with Gasteiger partial charge in [-0.1, -0.05) is 18.9 Å². The summed E-state index contributed by atoms with van der Waals surface area (Å²) in [6.45, 7) is 0.886. The van der Waals surface area contributed by atoms with Gasteiger partial charge >= 0.3 is 0 Å². The van der Waals surface area contributed by atoms with Crippen LogP contribution in [-0.4, -0.2) is 41.4 Å². The van der Waals surface area contributed by atoms with Gasteiger partial charge in [-0.15, -0.1) is 0 Å². The van der Waals surface area contributed by atoms with E-state index in [0.717, 1.165) is 29.4 Å². The number of nitrogens with two attached hydrogens (primary N) is 2. The van der Waals surface area contributed by atoms with E-state index < -0.39 is 5.91 Å². The normalized spacial score (nSPS) is 13.3. The van der Waals surface area contributed by atoms with Crippen molar-refractivity contribution in [1.82, 2.24) is 14.8 Å². The van der Waals surface area contributed by atoms with Crippen molar-refractivity contribution < 1.29 is 9.53 Å². The lowest BCUT2D eigenvalue weighted by Gasteiger charge is -2.15. The van der Waals surface area contributed by atoms with Crippen molar-refractivity contribution in [2.75, 3.05) is 31.3 Å². The Kier molecular flexibility index (Phi) is 7.70. The molecule has 3 aromatic rings. The van der Waals surface area contributed by atoms with Crippen LogP contribution in [0.1, 0.15) is 36.0 Å². The van der Waals surface area contributed by atoms with E-state index in [2.05, 4.69) is 47.3 Å². The minimum atomic E-state index is -0.587. The van der Waals surface area contributed by atoms with Gasteiger partial charge in [-0.05, 0) is 37.0 Å². The van der Waals surface area contributed by atoms with Crippen molar-refractivity contribution in [1.29, 1.82) is 0 Å². The van der Waals surface area contributed by atoms with Crippen LogP contribution in [0.4, 0.5) is 11.5 Å². The summed E-state index contributed by atoms with van der Waals surface area (Å²) in [6.07, 6.45) is 10.5. The summed E-state index contributed by atoms with van der Waals surface area (Å²) < 4.78 is 7.52. The van der Waals surface area contributed by atoms with Crippen LogP contribution < -0.4 is 21.1 Å². The lowest BCUT2D eigenvalue weighted by molar-refractivity contribution is 0.100. The van der Waals surface area contributed by atoms with Gasteiger partial charge in [0.15, 0.2) is 0 Å². The molecule has 8 heteroatoms. The molecule has 0 spiro atoms. The minimum Gasteiger partial charge on any atom is -0.493 e. The summed E-state index contributed by atoms with van der Waals surface area (Å²) in [4.78, 5) is 17.1. The van der Waals surface area contributed by atoms with Crippen molar-refractivity contribution in [3.63, 3.8) is 0 Å². The first-order chi connectivity index (χ1) is 15.3. The number of nitrogens with zero attached hydrogens (tertiary/aromatic N) is 4. The van der Waals surface area contributed by atoms with Crippen molar-refractivity contribution in [3.8, 4) is 16.9 Å². The zero-order chi connectivity index (χ0) is 23.1. The number of carbonyl (C=O) groups excluding carboxylic acids is 1. The van der Waals surface area contributed by atoms with Crippen LogP contribution in [-0.2, 0) is 7.05 Å². The number of pyridine rings is 1. The molecule has 1 aliphatic carbocycles. The largest absolute Gasteiger partial charge is 0.493 e. The first kappa shape index (κ1) is 23.1. The number of aryl methyl sites for hydroxylation is 1. The Morgan fingerprint density at radius 2 is 1.94 bits per heavy atom. The molecule has 32 heavy (non-hydrogen) atoms. The molecule has 1 aliphatic rings. The molecule has 1 saturated carbocycles. The Morgan fingerprint density at radius 3 is 2.56 bits per heavy atom. The molecule has 0 saturated heterocycles. The van der Waals surface area contributed by atoms with Crippen LogP contribution in [0.3, 0.4) is 0 Å². The first-order valence-electron chi connectivity index (χ1n) is 10.8. The molecule has 0 radical (unpaired) electrons. The number of primary amides is 1. The quantitative estimate of drug-likeness (QED) is 0.612. The van der Waals surface area contributed by atoms with E-state index in [0.29, 0.717) is 0 Å². The van der Waals surface area contributed by atoms with Crippen LogP contribution in [0.5, 0.6) is 5.75 Å². The third kappa shape index (κ3) is 6.23. The van der Waals surface area contributed by atoms with Crippen LogP contribution in [0.25, 0.3) is 11.1 Å². The lowest BCUT2D eigenvalue weighted by Crippen LogP contribution is -2.14. The molecule has 0 bridgehead atoms. The highest BCUT2D eigenvalue weighted by molar-refractivity contribution is 5.98. The van der Waals surface area contributed by atoms with Crippen molar-refractivity contribution >= 4 is 17.4 Å². The maximum atomic E-state index is 11.1. The van der Waals surface area contributed by atoms with Gasteiger partial charge < -0.3 is 21.1 Å².